The zero-order valence-electron chi connectivity index (χ0n) is 13.3. The van der Waals surface area contributed by atoms with Gasteiger partial charge in [0.2, 0.25) is 5.91 Å². The van der Waals surface area contributed by atoms with Crippen molar-refractivity contribution in [1.82, 2.24) is 9.80 Å². The van der Waals surface area contributed by atoms with Crippen LogP contribution in [0.5, 0.6) is 0 Å². The first-order valence-electron chi connectivity index (χ1n) is 9.04. The van der Waals surface area contributed by atoms with E-state index in [9.17, 15) is 4.79 Å². The van der Waals surface area contributed by atoms with Gasteiger partial charge in [0.1, 0.15) is 0 Å². The van der Waals surface area contributed by atoms with Gasteiger partial charge in [0.25, 0.3) is 0 Å². The summed E-state index contributed by atoms with van der Waals surface area (Å²) in [6.45, 7) is 4.44. The molecule has 1 saturated carbocycles. The van der Waals surface area contributed by atoms with E-state index in [1.54, 1.807) is 0 Å². The number of likely N-dealkylation sites (tertiary alicyclic amines) is 2. The van der Waals surface area contributed by atoms with Gasteiger partial charge in [-0.1, -0.05) is 19.3 Å². The van der Waals surface area contributed by atoms with E-state index in [1.807, 2.05) is 0 Å². The summed E-state index contributed by atoms with van der Waals surface area (Å²) >= 11 is 0. The Labute approximate surface area is 129 Å². The molecule has 2 N–H and O–H groups in total. The minimum Gasteiger partial charge on any atom is -0.342 e. The van der Waals surface area contributed by atoms with E-state index in [0.717, 1.165) is 44.8 Å². The molecular formula is C17H31N3O. The number of nitrogens with two attached hydrogens (primary N) is 1. The van der Waals surface area contributed by atoms with Gasteiger partial charge in [-0.05, 0) is 51.6 Å². The van der Waals surface area contributed by atoms with E-state index in [0.29, 0.717) is 5.91 Å². The van der Waals surface area contributed by atoms with Crippen LogP contribution in [0.4, 0.5) is 0 Å². The van der Waals surface area contributed by atoms with Gasteiger partial charge >= 0.3 is 0 Å². The standard InChI is InChI=1S/C17H31N3O/c18-16-7-3-1-2-6-15(16)17(21)20-12-8-14(9-13-20)19-10-4-5-11-19/h14-16H,1-13,18H2. The molecule has 0 aromatic carbocycles. The second kappa shape index (κ2) is 7.10. The second-order valence-electron chi connectivity index (χ2n) is 7.21. The van der Waals surface area contributed by atoms with Crippen molar-refractivity contribution < 1.29 is 4.79 Å². The van der Waals surface area contributed by atoms with Crippen molar-refractivity contribution in [3.8, 4) is 0 Å². The summed E-state index contributed by atoms with van der Waals surface area (Å²) in [5.74, 6) is 0.445. The van der Waals surface area contributed by atoms with Crippen LogP contribution in [-0.4, -0.2) is 54.0 Å². The summed E-state index contributed by atoms with van der Waals surface area (Å²) in [5, 5.41) is 0. The van der Waals surface area contributed by atoms with Crippen molar-refractivity contribution in [3.05, 3.63) is 0 Å². The third-order valence-electron chi connectivity index (χ3n) is 5.82. The van der Waals surface area contributed by atoms with E-state index in [1.165, 1.54) is 45.2 Å². The predicted octanol–water partition coefficient (Wildman–Crippen LogP) is 1.98. The number of hydrogen-bond acceptors (Lipinski definition) is 3. The molecule has 2 aliphatic heterocycles. The Balaban J connectivity index is 1.52. The molecule has 120 valence electrons. The first-order chi connectivity index (χ1) is 10.3. The minimum absolute atomic E-state index is 0.0934. The second-order valence-corrected chi connectivity index (χ2v) is 7.21. The average molecular weight is 293 g/mol. The molecule has 0 bridgehead atoms. The molecule has 2 heterocycles. The molecule has 1 amide bonds. The molecule has 2 saturated heterocycles. The summed E-state index contributed by atoms with van der Waals surface area (Å²) in [7, 11) is 0. The van der Waals surface area contributed by atoms with E-state index in [4.69, 9.17) is 5.73 Å². The largest absolute Gasteiger partial charge is 0.342 e. The van der Waals surface area contributed by atoms with Crippen LogP contribution in [-0.2, 0) is 4.79 Å². The third kappa shape index (κ3) is 3.59. The van der Waals surface area contributed by atoms with Gasteiger partial charge < -0.3 is 15.5 Å². The molecule has 4 nitrogen and oxygen atoms in total. The monoisotopic (exact) mass is 293 g/mol. The lowest BCUT2D eigenvalue weighted by Gasteiger charge is -2.38. The van der Waals surface area contributed by atoms with Gasteiger partial charge in [0, 0.05) is 25.2 Å². The fraction of sp³-hybridized carbons (Fsp3) is 0.941. The van der Waals surface area contributed by atoms with Gasteiger partial charge in [0.15, 0.2) is 0 Å². The van der Waals surface area contributed by atoms with Gasteiger partial charge in [-0.3, -0.25) is 4.79 Å². The fourth-order valence-electron chi connectivity index (χ4n) is 4.44. The van der Waals surface area contributed by atoms with Crippen LogP contribution in [0.25, 0.3) is 0 Å². The number of hydrogen-bond donors (Lipinski definition) is 1. The highest BCUT2D eigenvalue weighted by molar-refractivity contribution is 5.79. The van der Waals surface area contributed by atoms with Crippen LogP contribution < -0.4 is 5.73 Å². The third-order valence-corrected chi connectivity index (χ3v) is 5.82. The SMILES string of the molecule is NC1CCCCCC1C(=O)N1CCC(N2CCCC2)CC1. The Morgan fingerprint density at radius 2 is 1.48 bits per heavy atom. The van der Waals surface area contributed by atoms with Gasteiger partial charge in [-0.25, -0.2) is 0 Å². The Bertz CT molecular complexity index is 346. The summed E-state index contributed by atoms with van der Waals surface area (Å²) < 4.78 is 0. The Morgan fingerprint density at radius 3 is 2.19 bits per heavy atom. The molecule has 4 heteroatoms. The zero-order chi connectivity index (χ0) is 14.7. The Kier molecular flexibility index (Phi) is 5.17. The first kappa shape index (κ1) is 15.3. The molecule has 0 aromatic heterocycles. The van der Waals surface area contributed by atoms with Gasteiger partial charge in [-0.15, -0.1) is 0 Å². The highest BCUT2D eigenvalue weighted by atomic mass is 16.2. The molecule has 1 aliphatic carbocycles. The number of piperidine rings is 1. The molecule has 0 aromatic rings. The molecule has 0 spiro atoms. The summed E-state index contributed by atoms with van der Waals surface area (Å²) in [6.07, 6.45) is 10.7. The van der Waals surface area contributed by atoms with Crippen molar-refractivity contribution in [1.29, 1.82) is 0 Å². The van der Waals surface area contributed by atoms with Crippen molar-refractivity contribution >= 4 is 5.91 Å². The number of carbonyl (C=O) groups excluding carboxylic acids is 1. The molecule has 21 heavy (non-hydrogen) atoms. The molecule has 3 aliphatic rings. The molecule has 2 unspecified atom stereocenters. The van der Waals surface area contributed by atoms with Crippen LogP contribution in [0.1, 0.15) is 57.8 Å². The van der Waals surface area contributed by atoms with Crippen LogP contribution >= 0.6 is 0 Å². The summed E-state index contributed by atoms with van der Waals surface area (Å²) in [4.78, 5) is 17.5. The average Bonchev–Trinajstić information content (AvgIpc) is 2.96. The molecule has 3 fully saturated rings. The maximum Gasteiger partial charge on any atom is 0.227 e. The molecule has 0 radical (unpaired) electrons. The number of amides is 1. The van der Waals surface area contributed by atoms with Gasteiger partial charge in [-0.2, -0.15) is 0 Å². The number of rotatable bonds is 2. The van der Waals surface area contributed by atoms with Crippen LogP contribution in [0.2, 0.25) is 0 Å². The van der Waals surface area contributed by atoms with Crippen molar-refractivity contribution in [2.45, 2.75) is 69.9 Å². The van der Waals surface area contributed by atoms with E-state index < -0.39 is 0 Å². The van der Waals surface area contributed by atoms with Crippen molar-refractivity contribution in [2.75, 3.05) is 26.2 Å². The summed E-state index contributed by atoms with van der Waals surface area (Å²) in [6, 6.07) is 0.815. The smallest absolute Gasteiger partial charge is 0.227 e. The highest BCUT2D eigenvalue weighted by Crippen LogP contribution is 2.27. The van der Waals surface area contributed by atoms with E-state index in [-0.39, 0.29) is 12.0 Å². The van der Waals surface area contributed by atoms with Crippen LogP contribution in [0, 0.1) is 5.92 Å². The van der Waals surface area contributed by atoms with Crippen LogP contribution in [0.15, 0.2) is 0 Å². The van der Waals surface area contributed by atoms with E-state index in [2.05, 4.69) is 9.80 Å². The normalized spacial score (nSPS) is 33.1. The molecule has 2 atom stereocenters. The zero-order valence-corrected chi connectivity index (χ0v) is 13.3. The Hall–Kier alpha value is -0.610. The topological polar surface area (TPSA) is 49.6 Å². The lowest BCUT2D eigenvalue weighted by Crippen LogP contribution is -2.50. The predicted molar refractivity (Wildman–Crippen MR) is 85.0 cm³/mol. The lowest BCUT2D eigenvalue weighted by molar-refractivity contribution is -0.138. The van der Waals surface area contributed by atoms with Crippen LogP contribution in [0.3, 0.4) is 0 Å². The fourth-order valence-corrected chi connectivity index (χ4v) is 4.44. The van der Waals surface area contributed by atoms with Crippen molar-refractivity contribution in [2.24, 2.45) is 11.7 Å². The number of carbonyl (C=O) groups is 1. The molecular weight excluding hydrogens is 262 g/mol. The number of nitrogens with zero attached hydrogens (tertiary/aromatic N) is 2. The maximum atomic E-state index is 12.8. The first-order valence-corrected chi connectivity index (χ1v) is 9.04. The van der Waals surface area contributed by atoms with E-state index >= 15 is 0 Å². The molecule has 3 rings (SSSR count). The highest BCUT2D eigenvalue weighted by Gasteiger charge is 2.34. The quantitative estimate of drug-likeness (QED) is 0.792. The van der Waals surface area contributed by atoms with Crippen molar-refractivity contribution in [3.63, 3.8) is 0 Å². The summed E-state index contributed by atoms with van der Waals surface area (Å²) in [5.41, 5.74) is 6.26. The van der Waals surface area contributed by atoms with Gasteiger partial charge in [0.05, 0.1) is 5.92 Å². The maximum absolute atomic E-state index is 12.8. The minimum atomic E-state index is 0.0934. The lowest BCUT2D eigenvalue weighted by atomic mass is 9.92. The Morgan fingerprint density at radius 1 is 0.810 bits per heavy atom.